The molecule has 0 spiro atoms. The highest BCUT2D eigenvalue weighted by atomic mass is 16.5. The topological polar surface area (TPSA) is 38.3 Å². The Balaban J connectivity index is 1.95. The number of hydrogen-bond donors (Lipinski definition) is 1. The molecule has 22 heavy (non-hydrogen) atoms. The predicted octanol–water partition coefficient (Wildman–Crippen LogP) is 3.33. The van der Waals surface area contributed by atoms with Gasteiger partial charge in [0.25, 0.3) is 0 Å². The smallest absolute Gasteiger partial charge is 0.224 e. The van der Waals surface area contributed by atoms with E-state index in [1.807, 2.05) is 42.5 Å². The lowest BCUT2D eigenvalue weighted by Gasteiger charge is -2.25. The maximum absolute atomic E-state index is 12.2. The minimum atomic E-state index is -0.0995. The van der Waals surface area contributed by atoms with Crippen LogP contribution in [-0.4, -0.2) is 19.6 Å². The summed E-state index contributed by atoms with van der Waals surface area (Å²) < 4.78 is 5.28. The third-order valence-electron chi connectivity index (χ3n) is 3.83. The first kappa shape index (κ1) is 16.1. The van der Waals surface area contributed by atoms with Crippen LogP contribution in [0.3, 0.4) is 0 Å². The van der Waals surface area contributed by atoms with Crippen molar-refractivity contribution in [2.75, 3.05) is 13.7 Å². The third-order valence-corrected chi connectivity index (χ3v) is 3.83. The summed E-state index contributed by atoms with van der Waals surface area (Å²) in [5, 5.41) is 3.03. The molecule has 0 aromatic heterocycles. The lowest BCUT2D eigenvalue weighted by molar-refractivity contribution is -0.120. The molecule has 0 unspecified atom stereocenters. The number of nitrogens with one attached hydrogen (secondary N) is 1. The average molecular weight is 297 g/mol. The van der Waals surface area contributed by atoms with Gasteiger partial charge >= 0.3 is 0 Å². The molecule has 3 nitrogen and oxygen atoms in total. The molecular weight excluding hydrogens is 274 g/mol. The Hall–Kier alpha value is -2.29. The van der Waals surface area contributed by atoms with Crippen molar-refractivity contribution in [1.82, 2.24) is 5.32 Å². The van der Waals surface area contributed by atoms with Crippen molar-refractivity contribution in [3.63, 3.8) is 0 Å². The molecule has 0 atom stereocenters. The van der Waals surface area contributed by atoms with Crippen LogP contribution in [0.15, 0.2) is 54.6 Å². The summed E-state index contributed by atoms with van der Waals surface area (Å²) in [6.07, 6.45) is 0.328. The van der Waals surface area contributed by atoms with E-state index in [2.05, 4.69) is 31.3 Å². The molecule has 0 aliphatic carbocycles. The van der Waals surface area contributed by atoms with Crippen molar-refractivity contribution in [2.45, 2.75) is 25.7 Å². The Kier molecular flexibility index (Phi) is 5.21. The van der Waals surface area contributed by atoms with Gasteiger partial charge in [-0.05, 0) is 11.6 Å². The molecule has 1 N–H and O–H groups in total. The van der Waals surface area contributed by atoms with Gasteiger partial charge in [-0.3, -0.25) is 4.79 Å². The minimum absolute atomic E-state index is 0.00788. The van der Waals surface area contributed by atoms with Gasteiger partial charge in [-0.1, -0.05) is 62.4 Å². The van der Waals surface area contributed by atoms with Crippen molar-refractivity contribution in [3.05, 3.63) is 65.7 Å². The van der Waals surface area contributed by atoms with E-state index in [-0.39, 0.29) is 11.3 Å². The molecule has 116 valence electrons. The molecule has 0 aliphatic heterocycles. The highest BCUT2D eigenvalue weighted by Gasteiger charge is 2.21. The second-order valence-corrected chi connectivity index (χ2v) is 6.02. The second kappa shape index (κ2) is 7.12. The Bertz CT molecular complexity index is 620. The zero-order valence-electron chi connectivity index (χ0n) is 13.4. The van der Waals surface area contributed by atoms with E-state index in [4.69, 9.17) is 4.74 Å². The van der Waals surface area contributed by atoms with E-state index in [0.717, 1.165) is 11.3 Å². The van der Waals surface area contributed by atoms with Gasteiger partial charge in [-0.25, -0.2) is 0 Å². The van der Waals surface area contributed by atoms with Gasteiger partial charge < -0.3 is 10.1 Å². The van der Waals surface area contributed by atoms with Crippen molar-refractivity contribution >= 4 is 5.91 Å². The molecule has 0 saturated carbocycles. The summed E-state index contributed by atoms with van der Waals surface area (Å²) in [5.41, 5.74) is 2.02. The SMILES string of the molecule is COc1ccccc1CC(=O)NCC(C)(C)c1ccccc1. The quantitative estimate of drug-likeness (QED) is 0.888. The molecule has 0 saturated heterocycles. The third kappa shape index (κ3) is 4.10. The number of amides is 1. The lowest BCUT2D eigenvalue weighted by Crippen LogP contribution is -2.37. The van der Waals surface area contributed by atoms with Gasteiger partial charge in [0, 0.05) is 17.5 Å². The molecule has 2 aromatic rings. The normalized spacial score (nSPS) is 11.0. The Labute approximate surface area is 132 Å². The van der Waals surface area contributed by atoms with Crippen LogP contribution in [0.5, 0.6) is 5.75 Å². The summed E-state index contributed by atoms with van der Waals surface area (Å²) in [6, 6.07) is 17.8. The molecule has 0 heterocycles. The Morgan fingerprint density at radius 2 is 1.68 bits per heavy atom. The Morgan fingerprint density at radius 1 is 1.05 bits per heavy atom. The summed E-state index contributed by atoms with van der Waals surface area (Å²) in [4.78, 5) is 12.2. The van der Waals surface area contributed by atoms with Crippen LogP contribution in [0, 0.1) is 0 Å². The fourth-order valence-corrected chi connectivity index (χ4v) is 2.40. The van der Waals surface area contributed by atoms with E-state index in [9.17, 15) is 4.79 Å². The van der Waals surface area contributed by atoms with Gasteiger partial charge in [0.05, 0.1) is 13.5 Å². The average Bonchev–Trinajstić information content (AvgIpc) is 2.54. The number of benzene rings is 2. The van der Waals surface area contributed by atoms with E-state index >= 15 is 0 Å². The van der Waals surface area contributed by atoms with E-state index < -0.39 is 0 Å². The van der Waals surface area contributed by atoms with Crippen LogP contribution in [0.25, 0.3) is 0 Å². The molecule has 2 rings (SSSR count). The van der Waals surface area contributed by atoms with Crippen molar-refractivity contribution in [1.29, 1.82) is 0 Å². The Morgan fingerprint density at radius 3 is 2.36 bits per heavy atom. The molecule has 0 bridgehead atoms. The fourth-order valence-electron chi connectivity index (χ4n) is 2.40. The first-order valence-electron chi connectivity index (χ1n) is 7.47. The van der Waals surface area contributed by atoms with Crippen molar-refractivity contribution < 1.29 is 9.53 Å². The number of carbonyl (C=O) groups excluding carboxylic acids is 1. The number of rotatable bonds is 6. The molecule has 0 radical (unpaired) electrons. The lowest BCUT2D eigenvalue weighted by atomic mass is 9.84. The number of carbonyl (C=O) groups is 1. The van der Waals surface area contributed by atoms with Crippen LogP contribution in [0.1, 0.15) is 25.0 Å². The number of methoxy groups -OCH3 is 1. The standard InChI is InChI=1S/C19H23NO2/c1-19(2,16-10-5-4-6-11-16)14-20-18(21)13-15-9-7-8-12-17(15)22-3/h4-12H,13-14H2,1-3H3,(H,20,21). The highest BCUT2D eigenvalue weighted by molar-refractivity contribution is 5.79. The van der Waals surface area contributed by atoms with Gasteiger partial charge in [-0.2, -0.15) is 0 Å². The van der Waals surface area contributed by atoms with Gasteiger partial charge in [0.15, 0.2) is 0 Å². The van der Waals surface area contributed by atoms with Crippen LogP contribution in [0.2, 0.25) is 0 Å². The largest absolute Gasteiger partial charge is 0.496 e. The molecule has 0 fully saturated rings. The molecule has 1 amide bonds. The molecular formula is C19H23NO2. The number of ether oxygens (including phenoxy) is 1. The highest BCUT2D eigenvalue weighted by Crippen LogP contribution is 2.22. The zero-order valence-corrected chi connectivity index (χ0v) is 13.4. The molecule has 3 heteroatoms. The first-order chi connectivity index (χ1) is 10.5. The van der Waals surface area contributed by atoms with Crippen molar-refractivity contribution in [2.24, 2.45) is 0 Å². The number of hydrogen-bond acceptors (Lipinski definition) is 2. The van der Waals surface area contributed by atoms with Crippen molar-refractivity contribution in [3.8, 4) is 5.75 Å². The summed E-state index contributed by atoms with van der Waals surface area (Å²) >= 11 is 0. The first-order valence-corrected chi connectivity index (χ1v) is 7.47. The minimum Gasteiger partial charge on any atom is -0.496 e. The summed E-state index contributed by atoms with van der Waals surface area (Å²) in [5.74, 6) is 0.758. The van der Waals surface area contributed by atoms with Crippen LogP contribution < -0.4 is 10.1 Å². The van der Waals surface area contributed by atoms with Crippen LogP contribution in [-0.2, 0) is 16.6 Å². The monoisotopic (exact) mass is 297 g/mol. The zero-order chi connectivity index (χ0) is 16.0. The van der Waals surface area contributed by atoms with Crippen LogP contribution >= 0.6 is 0 Å². The predicted molar refractivity (Wildman–Crippen MR) is 89.2 cm³/mol. The summed E-state index contributed by atoms with van der Waals surface area (Å²) in [7, 11) is 1.62. The maximum atomic E-state index is 12.2. The molecule has 0 aliphatic rings. The fraction of sp³-hybridized carbons (Fsp3) is 0.316. The number of para-hydroxylation sites is 1. The van der Waals surface area contributed by atoms with Gasteiger partial charge in [0.1, 0.15) is 5.75 Å². The molecule has 2 aromatic carbocycles. The van der Waals surface area contributed by atoms with E-state index in [0.29, 0.717) is 13.0 Å². The van der Waals surface area contributed by atoms with E-state index in [1.54, 1.807) is 7.11 Å². The summed E-state index contributed by atoms with van der Waals surface area (Å²) in [6.45, 7) is 4.86. The van der Waals surface area contributed by atoms with E-state index in [1.165, 1.54) is 5.56 Å². The van der Waals surface area contributed by atoms with Crippen LogP contribution in [0.4, 0.5) is 0 Å². The van der Waals surface area contributed by atoms with Gasteiger partial charge in [0.2, 0.25) is 5.91 Å². The maximum Gasteiger partial charge on any atom is 0.224 e. The van der Waals surface area contributed by atoms with Gasteiger partial charge in [-0.15, -0.1) is 0 Å². The second-order valence-electron chi connectivity index (χ2n) is 6.02.